The van der Waals surface area contributed by atoms with Gasteiger partial charge in [0.15, 0.2) is 0 Å². The topological polar surface area (TPSA) is 9.23 Å². The van der Waals surface area contributed by atoms with Crippen LogP contribution in [0.15, 0.2) is 0 Å². The zero-order valence-corrected chi connectivity index (χ0v) is 18.9. The molecule has 0 atom stereocenters. The van der Waals surface area contributed by atoms with Crippen LogP contribution >= 0.6 is 24.0 Å². The predicted molar refractivity (Wildman–Crippen MR) is 97.8 cm³/mol. The molecule has 0 aliphatic carbocycles. The minimum Gasteiger partial charge on any atom is -0.479 e. The molecule has 0 rings (SSSR count). The van der Waals surface area contributed by atoms with Crippen LogP contribution in [0.2, 0.25) is 0 Å². The van der Waals surface area contributed by atoms with E-state index in [0.717, 1.165) is 23.2 Å². The number of hydrogen-bond donors (Lipinski definition) is 0. The van der Waals surface area contributed by atoms with E-state index >= 15 is 0 Å². The average molecular weight is 384 g/mol. The first-order valence-electron chi connectivity index (χ1n) is 8.60. The van der Waals surface area contributed by atoms with Gasteiger partial charge in [-0.1, -0.05) is 89.8 Å². The van der Waals surface area contributed by atoms with E-state index in [2.05, 4.69) is 13.8 Å². The maximum absolute atomic E-state index is 5.59. The van der Waals surface area contributed by atoms with Gasteiger partial charge in [0.05, 0.1) is 6.61 Å². The first-order valence-corrected chi connectivity index (χ1v) is 10.00. The van der Waals surface area contributed by atoms with Gasteiger partial charge < -0.3 is 4.74 Å². The second-order valence-electron chi connectivity index (χ2n) is 5.48. The number of ether oxygens (including phenoxy) is 1. The number of unbranched alkanes of at least 4 members (excludes halogenated alkanes) is 10. The fourth-order valence-corrected chi connectivity index (χ4v) is 3.13. The Hall–Kier alpha value is 0.863. The average Bonchev–Trinajstić information content (AvgIpc) is 2.45. The van der Waals surface area contributed by atoms with Crippen molar-refractivity contribution >= 4 is 28.4 Å². The van der Waals surface area contributed by atoms with Crippen molar-refractivity contribution in [3.63, 3.8) is 0 Å². The van der Waals surface area contributed by atoms with Gasteiger partial charge in [-0.05, 0) is 25.1 Å². The van der Waals surface area contributed by atoms with Gasteiger partial charge in [0.1, 0.15) is 0 Å². The van der Waals surface area contributed by atoms with E-state index in [9.17, 15) is 0 Å². The summed E-state index contributed by atoms with van der Waals surface area (Å²) in [5.74, 6) is 1.13. The molecule has 21 heavy (non-hydrogen) atoms. The Kier molecular flexibility index (Phi) is 24.0. The van der Waals surface area contributed by atoms with Gasteiger partial charge in [0, 0.05) is 25.2 Å². The largest absolute Gasteiger partial charge is 0.479 e. The quantitative estimate of drug-likeness (QED) is 0.187. The molecule has 0 aromatic carbocycles. The normalized spacial score (nSPS) is 10.2. The molecular formula is C17H34OS2Zn. The van der Waals surface area contributed by atoms with Crippen LogP contribution in [-0.2, 0) is 24.2 Å². The molecule has 0 aromatic heterocycles. The third kappa shape index (κ3) is 20.9. The fraction of sp³-hybridized carbons (Fsp3) is 0.941. The molecule has 122 valence electrons. The van der Waals surface area contributed by atoms with E-state index < -0.39 is 0 Å². The summed E-state index contributed by atoms with van der Waals surface area (Å²) in [5.41, 5.74) is 0. The fourth-order valence-electron chi connectivity index (χ4n) is 2.12. The molecular weight excluding hydrogens is 350 g/mol. The van der Waals surface area contributed by atoms with Crippen LogP contribution in [0, 0.1) is 0 Å². The van der Waals surface area contributed by atoms with Crippen molar-refractivity contribution < 1.29 is 24.2 Å². The molecule has 0 saturated carbocycles. The minimum absolute atomic E-state index is 0. The SMILES string of the molecule is CCCCCCCCOC(=S)SCCCCCCCC.[Zn]. The molecule has 0 aromatic rings. The van der Waals surface area contributed by atoms with Gasteiger partial charge in [0.25, 0.3) is 0 Å². The Morgan fingerprint density at radius 1 is 0.762 bits per heavy atom. The summed E-state index contributed by atoms with van der Waals surface area (Å²) in [7, 11) is 0. The second kappa shape index (κ2) is 20.9. The Labute approximate surface area is 155 Å². The van der Waals surface area contributed by atoms with Crippen LogP contribution in [0.5, 0.6) is 0 Å². The van der Waals surface area contributed by atoms with Crippen molar-refractivity contribution in [2.24, 2.45) is 0 Å². The van der Waals surface area contributed by atoms with Crippen LogP contribution < -0.4 is 0 Å². The van der Waals surface area contributed by atoms with Gasteiger partial charge in [-0.3, -0.25) is 0 Å². The number of thioether (sulfide) groups is 1. The molecule has 0 unspecified atom stereocenters. The smallest absolute Gasteiger partial charge is 0.219 e. The number of rotatable bonds is 14. The van der Waals surface area contributed by atoms with E-state index in [1.807, 2.05) is 0 Å². The Bertz CT molecular complexity index is 193. The van der Waals surface area contributed by atoms with Crippen molar-refractivity contribution in [1.82, 2.24) is 0 Å². The second-order valence-corrected chi connectivity index (χ2v) is 7.18. The van der Waals surface area contributed by atoms with E-state index in [4.69, 9.17) is 17.0 Å². The van der Waals surface area contributed by atoms with E-state index in [-0.39, 0.29) is 19.5 Å². The summed E-state index contributed by atoms with van der Waals surface area (Å²) in [6.45, 7) is 5.33. The molecule has 0 saturated heterocycles. The molecule has 1 nitrogen and oxygen atoms in total. The van der Waals surface area contributed by atoms with Crippen molar-refractivity contribution in [2.75, 3.05) is 12.4 Å². The zero-order chi connectivity index (χ0) is 14.9. The van der Waals surface area contributed by atoms with Crippen LogP contribution in [0.25, 0.3) is 0 Å². The van der Waals surface area contributed by atoms with E-state index in [1.54, 1.807) is 11.8 Å². The Balaban J connectivity index is 0. The Morgan fingerprint density at radius 2 is 1.24 bits per heavy atom. The molecule has 0 radical (unpaired) electrons. The molecule has 4 heteroatoms. The van der Waals surface area contributed by atoms with Gasteiger partial charge in [-0.15, -0.1) is 0 Å². The molecule has 0 heterocycles. The van der Waals surface area contributed by atoms with Crippen LogP contribution in [0.3, 0.4) is 0 Å². The van der Waals surface area contributed by atoms with E-state index in [1.165, 1.54) is 70.6 Å². The van der Waals surface area contributed by atoms with Crippen LogP contribution in [-0.4, -0.2) is 16.7 Å². The molecule has 0 aliphatic rings. The van der Waals surface area contributed by atoms with Gasteiger partial charge in [-0.2, -0.15) is 0 Å². The summed E-state index contributed by atoms with van der Waals surface area (Å²) >= 11 is 6.96. The third-order valence-corrected chi connectivity index (χ3v) is 4.75. The van der Waals surface area contributed by atoms with Gasteiger partial charge >= 0.3 is 0 Å². The van der Waals surface area contributed by atoms with Crippen LogP contribution in [0.1, 0.15) is 90.9 Å². The Morgan fingerprint density at radius 3 is 1.81 bits per heavy atom. The first-order chi connectivity index (χ1) is 9.81. The monoisotopic (exact) mass is 382 g/mol. The molecule has 0 N–H and O–H groups in total. The number of thiocarbonyl (C=S) groups is 1. The number of hydrogen-bond acceptors (Lipinski definition) is 3. The summed E-state index contributed by atoms with van der Waals surface area (Å²) < 4.78 is 6.34. The molecule has 0 bridgehead atoms. The van der Waals surface area contributed by atoms with E-state index in [0.29, 0.717) is 0 Å². The third-order valence-electron chi connectivity index (χ3n) is 3.44. The predicted octanol–water partition coefficient (Wildman–Crippen LogP) is 6.74. The summed E-state index contributed by atoms with van der Waals surface area (Å²) in [5, 5.41) is 0. The van der Waals surface area contributed by atoms with Crippen molar-refractivity contribution in [3.8, 4) is 0 Å². The van der Waals surface area contributed by atoms with Crippen molar-refractivity contribution in [2.45, 2.75) is 90.9 Å². The first kappa shape index (κ1) is 24.1. The van der Waals surface area contributed by atoms with Crippen molar-refractivity contribution in [1.29, 1.82) is 0 Å². The summed E-state index contributed by atoms with van der Waals surface area (Å²) in [6, 6.07) is 0. The summed E-state index contributed by atoms with van der Waals surface area (Å²) in [6.07, 6.45) is 15.9. The maximum Gasteiger partial charge on any atom is 0.219 e. The maximum atomic E-state index is 5.59. The molecule has 0 amide bonds. The molecule has 0 aliphatic heterocycles. The zero-order valence-electron chi connectivity index (χ0n) is 14.3. The summed E-state index contributed by atoms with van der Waals surface area (Å²) in [4.78, 5) is 0. The molecule has 0 spiro atoms. The van der Waals surface area contributed by atoms with Crippen LogP contribution in [0.4, 0.5) is 0 Å². The minimum atomic E-state index is 0. The standard InChI is InChI=1S/C17H34OS2.Zn/c1-3-5-7-9-11-13-15-18-17(19)20-16-14-12-10-8-6-4-2;/h3-16H2,1-2H3;. The van der Waals surface area contributed by atoms with Gasteiger partial charge in [-0.25, -0.2) is 0 Å². The van der Waals surface area contributed by atoms with Gasteiger partial charge in [0.2, 0.25) is 4.38 Å². The molecule has 0 fully saturated rings. The van der Waals surface area contributed by atoms with Crippen molar-refractivity contribution in [3.05, 3.63) is 0 Å².